The van der Waals surface area contributed by atoms with E-state index in [1.165, 1.54) is 10.9 Å². The molecule has 0 spiro atoms. The minimum absolute atomic E-state index is 0.0552. The molecule has 0 aliphatic carbocycles. The SMILES string of the molecule is O=C(O)c1cn(CCn2ccc3cccc(Cl)c32)nn1. The third kappa shape index (κ3) is 2.25. The molecule has 0 aliphatic rings. The predicted molar refractivity (Wildman–Crippen MR) is 73.9 cm³/mol. The summed E-state index contributed by atoms with van der Waals surface area (Å²) in [6.45, 7) is 1.16. The molecule has 0 saturated carbocycles. The molecule has 0 saturated heterocycles. The van der Waals surface area contributed by atoms with Gasteiger partial charge in [-0.1, -0.05) is 28.9 Å². The van der Waals surface area contributed by atoms with Gasteiger partial charge in [-0.2, -0.15) is 0 Å². The van der Waals surface area contributed by atoms with Crippen LogP contribution in [0.4, 0.5) is 0 Å². The van der Waals surface area contributed by atoms with Crippen molar-refractivity contribution < 1.29 is 9.90 Å². The molecule has 2 aromatic heterocycles. The zero-order valence-electron chi connectivity index (χ0n) is 10.4. The van der Waals surface area contributed by atoms with Gasteiger partial charge in [0.2, 0.25) is 0 Å². The predicted octanol–water partition coefficient (Wildman–Crippen LogP) is 2.28. The molecule has 20 heavy (non-hydrogen) atoms. The Morgan fingerprint density at radius 3 is 2.90 bits per heavy atom. The number of aromatic carboxylic acids is 1. The number of aromatic nitrogens is 4. The molecular formula is C13H11ClN4O2. The fourth-order valence-electron chi connectivity index (χ4n) is 2.12. The van der Waals surface area contributed by atoms with Crippen molar-refractivity contribution in [1.29, 1.82) is 0 Å². The highest BCUT2D eigenvalue weighted by atomic mass is 35.5. The van der Waals surface area contributed by atoms with Crippen LogP contribution in [0.3, 0.4) is 0 Å². The second kappa shape index (κ2) is 4.97. The molecule has 7 heteroatoms. The van der Waals surface area contributed by atoms with Crippen LogP contribution in [0.1, 0.15) is 10.5 Å². The second-order valence-electron chi connectivity index (χ2n) is 4.36. The Morgan fingerprint density at radius 1 is 1.30 bits per heavy atom. The van der Waals surface area contributed by atoms with Gasteiger partial charge in [-0.3, -0.25) is 0 Å². The molecule has 102 valence electrons. The standard InChI is InChI=1S/C13H11ClN4O2/c14-10-3-1-2-9-4-5-17(12(9)10)6-7-18-8-11(13(19)20)15-16-18/h1-5,8H,6-7H2,(H,19,20). The van der Waals surface area contributed by atoms with Gasteiger partial charge in [-0.15, -0.1) is 5.10 Å². The minimum atomic E-state index is -1.08. The maximum Gasteiger partial charge on any atom is 0.358 e. The van der Waals surface area contributed by atoms with Crippen LogP contribution >= 0.6 is 11.6 Å². The summed E-state index contributed by atoms with van der Waals surface area (Å²) >= 11 is 6.20. The van der Waals surface area contributed by atoms with Crippen molar-refractivity contribution in [2.45, 2.75) is 13.1 Å². The van der Waals surface area contributed by atoms with Gasteiger partial charge in [-0.25, -0.2) is 9.48 Å². The van der Waals surface area contributed by atoms with Gasteiger partial charge in [0.1, 0.15) is 0 Å². The Kier molecular flexibility index (Phi) is 3.15. The maximum absolute atomic E-state index is 10.7. The Morgan fingerprint density at radius 2 is 2.15 bits per heavy atom. The zero-order chi connectivity index (χ0) is 14.1. The summed E-state index contributed by atoms with van der Waals surface area (Å²) in [6, 6.07) is 7.74. The molecule has 0 bridgehead atoms. The third-order valence-corrected chi connectivity index (χ3v) is 3.37. The van der Waals surface area contributed by atoms with Crippen molar-refractivity contribution in [2.75, 3.05) is 0 Å². The third-order valence-electron chi connectivity index (χ3n) is 3.07. The van der Waals surface area contributed by atoms with Crippen LogP contribution in [0.2, 0.25) is 5.02 Å². The fourth-order valence-corrected chi connectivity index (χ4v) is 2.41. The van der Waals surface area contributed by atoms with E-state index in [4.69, 9.17) is 16.7 Å². The molecule has 0 fully saturated rings. The molecule has 0 radical (unpaired) electrons. The van der Waals surface area contributed by atoms with E-state index in [0.717, 1.165) is 10.9 Å². The summed E-state index contributed by atoms with van der Waals surface area (Å²) in [7, 11) is 0. The number of carbonyl (C=O) groups is 1. The molecule has 2 heterocycles. The van der Waals surface area contributed by atoms with Gasteiger partial charge in [-0.05, 0) is 12.1 Å². The number of fused-ring (bicyclic) bond motifs is 1. The number of carboxylic acids is 1. The highest BCUT2D eigenvalue weighted by Crippen LogP contribution is 2.24. The molecule has 3 aromatic rings. The quantitative estimate of drug-likeness (QED) is 0.800. The molecule has 0 unspecified atom stereocenters. The van der Waals surface area contributed by atoms with Gasteiger partial charge >= 0.3 is 5.97 Å². The van der Waals surface area contributed by atoms with E-state index in [1.54, 1.807) is 0 Å². The Bertz CT molecular complexity index is 778. The van der Waals surface area contributed by atoms with Crippen molar-refractivity contribution in [3.8, 4) is 0 Å². The summed E-state index contributed by atoms with van der Waals surface area (Å²) in [4.78, 5) is 10.7. The number of hydrogen-bond acceptors (Lipinski definition) is 3. The van der Waals surface area contributed by atoms with Crippen LogP contribution < -0.4 is 0 Å². The smallest absolute Gasteiger partial charge is 0.358 e. The summed E-state index contributed by atoms with van der Waals surface area (Å²) in [5, 5.41) is 17.9. The summed E-state index contributed by atoms with van der Waals surface area (Å²) < 4.78 is 3.52. The molecule has 1 N–H and O–H groups in total. The number of para-hydroxylation sites is 1. The minimum Gasteiger partial charge on any atom is -0.476 e. The first-order valence-electron chi connectivity index (χ1n) is 6.02. The molecular weight excluding hydrogens is 280 g/mol. The van der Waals surface area contributed by atoms with Crippen molar-refractivity contribution >= 4 is 28.5 Å². The lowest BCUT2D eigenvalue weighted by molar-refractivity contribution is 0.0690. The van der Waals surface area contributed by atoms with E-state index in [-0.39, 0.29) is 5.69 Å². The molecule has 6 nitrogen and oxygen atoms in total. The monoisotopic (exact) mass is 290 g/mol. The normalized spacial score (nSPS) is 11.1. The first-order valence-corrected chi connectivity index (χ1v) is 6.40. The van der Waals surface area contributed by atoms with Crippen LogP contribution in [-0.4, -0.2) is 30.6 Å². The van der Waals surface area contributed by atoms with Gasteiger partial charge in [0.05, 0.1) is 23.3 Å². The average molecular weight is 291 g/mol. The topological polar surface area (TPSA) is 72.9 Å². The van der Waals surface area contributed by atoms with Crippen LogP contribution in [0.25, 0.3) is 10.9 Å². The lowest BCUT2D eigenvalue weighted by Crippen LogP contribution is -2.07. The molecule has 0 amide bonds. The Labute approximate surface area is 119 Å². The van der Waals surface area contributed by atoms with Gasteiger partial charge < -0.3 is 9.67 Å². The average Bonchev–Trinajstić information content (AvgIpc) is 3.03. The van der Waals surface area contributed by atoms with Crippen molar-refractivity contribution in [3.63, 3.8) is 0 Å². The summed E-state index contributed by atoms with van der Waals surface area (Å²) in [5.74, 6) is -1.08. The number of aryl methyl sites for hydroxylation is 2. The van der Waals surface area contributed by atoms with Gasteiger partial charge in [0.15, 0.2) is 5.69 Å². The number of carboxylic acid groups (broad SMARTS) is 1. The summed E-state index contributed by atoms with van der Waals surface area (Å²) in [6.07, 6.45) is 3.36. The number of halogens is 1. The number of rotatable bonds is 4. The Balaban J connectivity index is 1.81. The van der Waals surface area contributed by atoms with Gasteiger partial charge in [0, 0.05) is 18.1 Å². The lowest BCUT2D eigenvalue weighted by atomic mass is 10.2. The van der Waals surface area contributed by atoms with Crippen LogP contribution in [0.15, 0.2) is 36.7 Å². The van der Waals surface area contributed by atoms with E-state index < -0.39 is 5.97 Å². The maximum atomic E-state index is 10.7. The van der Waals surface area contributed by atoms with E-state index in [0.29, 0.717) is 18.1 Å². The molecule has 0 aliphatic heterocycles. The molecule has 1 aromatic carbocycles. The number of nitrogens with zero attached hydrogens (tertiary/aromatic N) is 4. The lowest BCUT2D eigenvalue weighted by Gasteiger charge is -2.06. The summed E-state index contributed by atoms with van der Waals surface area (Å²) in [5.41, 5.74) is 0.910. The fraction of sp³-hybridized carbons (Fsp3) is 0.154. The van der Waals surface area contributed by atoms with E-state index >= 15 is 0 Å². The van der Waals surface area contributed by atoms with E-state index in [1.807, 2.05) is 35.0 Å². The molecule has 3 rings (SSSR count). The van der Waals surface area contributed by atoms with Crippen molar-refractivity contribution in [2.24, 2.45) is 0 Å². The van der Waals surface area contributed by atoms with E-state index in [9.17, 15) is 4.79 Å². The first-order chi connectivity index (χ1) is 9.65. The van der Waals surface area contributed by atoms with Crippen molar-refractivity contribution in [1.82, 2.24) is 19.6 Å². The second-order valence-corrected chi connectivity index (χ2v) is 4.77. The van der Waals surface area contributed by atoms with Crippen LogP contribution in [-0.2, 0) is 13.1 Å². The number of benzene rings is 1. The first kappa shape index (κ1) is 12.7. The zero-order valence-corrected chi connectivity index (χ0v) is 11.2. The van der Waals surface area contributed by atoms with Gasteiger partial charge in [0.25, 0.3) is 0 Å². The van der Waals surface area contributed by atoms with Crippen LogP contribution in [0.5, 0.6) is 0 Å². The van der Waals surface area contributed by atoms with Crippen molar-refractivity contribution in [3.05, 3.63) is 47.4 Å². The van der Waals surface area contributed by atoms with E-state index in [2.05, 4.69) is 10.3 Å². The number of hydrogen-bond donors (Lipinski definition) is 1. The van der Waals surface area contributed by atoms with Crippen LogP contribution in [0, 0.1) is 0 Å². The largest absolute Gasteiger partial charge is 0.476 e. The Hall–Kier alpha value is -2.34. The molecule has 0 atom stereocenters. The highest BCUT2D eigenvalue weighted by molar-refractivity contribution is 6.35. The highest BCUT2D eigenvalue weighted by Gasteiger charge is 2.09.